The van der Waals surface area contributed by atoms with Gasteiger partial charge in [0.1, 0.15) is 0 Å². The van der Waals surface area contributed by atoms with Crippen LogP contribution >= 0.6 is 0 Å². The van der Waals surface area contributed by atoms with Crippen LogP contribution in [0.1, 0.15) is 31.2 Å². The van der Waals surface area contributed by atoms with Crippen LogP contribution in [0.25, 0.3) is 0 Å². The lowest BCUT2D eigenvalue weighted by Crippen LogP contribution is -2.42. The van der Waals surface area contributed by atoms with Crippen LogP contribution in [-0.2, 0) is 11.2 Å². The molecule has 0 unspecified atom stereocenters. The number of likely N-dealkylation sites (N-methyl/N-ethyl adjacent to an activating group) is 1. The molecule has 5 heteroatoms. The van der Waals surface area contributed by atoms with Crippen molar-refractivity contribution in [1.29, 1.82) is 0 Å². The molecule has 1 aliphatic rings. The summed E-state index contributed by atoms with van der Waals surface area (Å²) < 4.78 is 26.0. The molecule has 0 aliphatic heterocycles. The number of hydrogen-bond acceptors (Lipinski definition) is 2. The number of nitrogens with zero attached hydrogens (tertiary/aromatic N) is 1. The first-order chi connectivity index (χ1) is 9.47. The van der Waals surface area contributed by atoms with Crippen LogP contribution < -0.4 is 5.73 Å². The minimum Gasteiger partial charge on any atom is -0.342 e. The highest BCUT2D eigenvalue weighted by atomic mass is 19.2. The Hall–Kier alpha value is -1.49. The summed E-state index contributed by atoms with van der Waals surface area (Å²) in [7, 11) is 1.77. The van der Waals surface area contributed by atoms with E-state index < -0.39 is 11.6 Å². The van der Waals surface area contributed by atoms with Crippen molar-refractivity contribution in [1.82, 2.24) is 4.90 Å². The molecule has 2 rings (SSSR count). The van der Waals surface area contributed by atoms with Crippen molar-refractivity contribution in [2.75, 3.05) is 7.05 Å². The SMILES string of the molecule is CN(C(=O)Cc1ccc(F)c(F)c1)C1CCC(N)CC1. The lowest BCUT2D eigenvalue weighted by molar-refractivity contribution is -0.131. The number of benzene rings is 1. The van der Waals surface area contributed by atoms with Gasteiger partial charge in [0.05, 0.1) is 6.42 Å². The van der Waals surface area contributed by atoms with Crippen LogP contribution in [0, 0.1) is 11.6 Å². The van der Waals surface area contributed by atoms with Gasteiger partial charge in [0, 0.05) is 19.1 Å². The Kier molecular flexibility index (Phi) is 4.70. The van der Waals surface area contributed by atoms with E-state index in [0.29, 0.717) is 5.56 Å². The monoisotopic (exact) mass is 282 g/mol. The maximum absolute atomic E-state index is 13.1. The maximum Gasteiger partial charge on any atom is 0.226 e. The number of rotatable bonds is 3. The fourth-order valence-electron chi connectivity index (χ4n) is 2.64. The number of carbonyl (C=O) groups is 1. The van der Waals surface area contributed by atoms with Gasteiger partial charge in [0.2, 0.25) is 5.91 Å². The number of hydrogen-bond donors (Lipinski definition) is 1. The molecule has 110 valence electrons. The predicted octanol–water partition coefficient (Wildman–Crippen LogP) is 2.24. The van der Waals surface area contributed by atoms with E-state index >= 15 is 0 Å². The fraction of sp³-hybridized carbons (Fsp3) is 0.533. The Balaban J connectivity index is 1.95. The zero-order valence-electron chi connectivity index (χ0n) is 11.6. The molecule has 0 bridgehead atoms. The minimum atomic E-state index is -0.915. The summed E-state index contributed by atoms with van der Waals surface area (Å²) in [5.74, 6) is -1.88. The molecule has 0 saturated heterocycles. The molecule has 0 aromatic heterocycles. The highest BCUT2D eigenvalue weighted by Crippen LogP contribution is 2.22. The zero-order valence-corrected chi connectivity index (χ0v) is 11.6. The third kappa shape index (κ3) is 3.54. The van der Waals surface area contributed by atoms with E-state index in [4.69, 9.17) is 5.73 Å². The van der Waals surface area contributed by atoms with E-state index in [1.54, 1.807) is 11.9 Å². The Labute approximate surface area is 117 Å². The molecule has 0 radical (unpaired) electrons. The number of halogens is 2. The molecule has 0 heterocycles. The molecule has 3 nitrogen and oxygen atoms in total. The molecule has 1 saturated carbocycles. The van der Waals surface area contributed by atoms with Crippen molar-refractivity contribution in [3.05, 3.63) is 35.4 Å². The molecule has 0 atom stereocenters. The van der Waals surface area contributed by atoms with Gasteiger partial charge in [-0.15, -0.1) is 0 Å². The molecule has 1 amide bonds. The van der Waals surface area contributed by atoms with Crippen LogP contribution in [-0.4, -0.2) is 29.9 Å². The first-order valence-electron chi connectivity index (χ1n) is 6.92. The molecule has 1 fully saturated rings. The summed E-state index contributed by atoms with van der Waals surface area (Å²) in [6, 6.07) is 4.02. The summed E-state index contributed by atoms with van der Waals surface area (Å²) in [5.41, 5.74) is 6.34. The topological polar surface area (TPSA) is 46.3 Å². The quantitative estimate of drug-likeness (QED) is 0.924. The summed E-state index contributed by atoms with van der Waals surface area (Å²) in [5, 5.41) is 0. The van der Waals surface area contributed by atoms with Crippen molar-refractivity contribution in [2.24, 2.45) is 5.73 Å². The molecular formula is C15H20F2N2O. The lowest BCUT2D eigenvalue weighted by atomic mass is 9.91. The van der Waals surface area contributed by atoms with E-state index in [9.17, 15) is 13.6 Å². The van der Waals surface area contributed by atoms with Gasteiger partial charge in [-0.25, -0.2) is 8.78 Å². The van der Waals surface area contributed by atoms with Gasteiger partial charge in [-0.05, 0) is 43.4 Å². The van der Waals surface area contributed by atoms with Crippen LogP contribution in [0.4, 0.5) is 8.78 Å². The Morgan fingerprint density at radius 3 is 2.50 bits per heavy atom. The number of carbonyl (C=O) groups excluding carboxylic acids is 1. The maximum atomic E-state index is 13.1. The van der Waals surface area contributed by atoms with Crippen LogP contribution in [0.5, 0.6) is 0 Å². The summed E-state index contributed by atoms with van der Waals surface area (Å²) >= 11 is 0. The third-order valence-corrected chi connectivity index (χ3v) is 4.02. The van der Waals surface area contributed by atoms with E-state index in [1.165, 1.54) is 6.07 Å². The van der Waals surface area contributed by atoms with Gasteiger partial charge in [-0.3, -0.25) is 4.79 Å². The molecule has 1 aromatic carbocycles. The smallest absolute Gasteiger partial charge is 0.226 e. The van der Waals surface area contributed by atoms with E-state index in [-0.39, 0.29) is 24.4 Å². The van der Waals surface area contributed by atoms with Crippen LogP contribution in [0.3, 0.4) is 0 Å². The molecular weight excluding hydrogens is 262 g/mol. The Bertz CT molecular complexity index is 485. The highest BCUT2D eigenvalue weighted by molar-refractivity contribution is 5.78. The van der Waals surface area contributed by atoms with Crippen molar-refractivity contribution >= 4 is 5.91 Å². The average molecular weight is 282 g/mol. The van der Waals surface area contributed by atoms with Gasteiger partial charge in [0.15, 0.2) is 11.6 Å². The van der Waals surface area contributed by atoms with Gasteiger partial charge in [-0.2, -0.15) is 0 Å². The fourth-order valence-corrected chi connectivity index (χ4v) is 2.64. The van der Waals surface area contributed by atoms with Gasteiger partial charge in [0.25, 0.3) is 0 Å². The van der Waals surface area contributed by atoms with Gasteiger partial charge >= 0.3 is 0 Å². The summed E-state index contributed by atoms with van der Waals surface area (Å²) in [6.45, 7) is 0. The lowest BCUT2D eigenvalue weighted by Gasteiger charge is -2.33. The van der Waals surface area contributed by atoms with Crippen molar-refractivity contribution in [3.8, 4) is 0 Å². The molecule has 2 N–H and O–H groups in total. The second-order valence-corrected chi connectivity index (χ2v) is 5.50. The number of amides is 1. The largest absolute Gasteiger partial charge is 0.342 e. The third-order valence-electron chi connectivity index (χ3n) is 4.02. The van der Waals surface area contributed by atoms with Crippen molar-refractivity contribution in [3.63, 3.8) is 0 Å². The van der Waals surface area contributed by atoms with Gasteiger partial charge in [-0.1, -0.05) is 6.07 Å². The predicted molar refractivity (Wildman–Crippen MR) is 73.1 cm³/mol. The molecule has 0 spiro atoms. The highest BCUT2D eigenvalue weighted by Gasteiger charge is 2.25. The second-order valence-electron chi connectivity index (χ2n) is 5.50. The first-order valence-corrected chi connectivity index (χ1v) is 6.92. The second kappa shape index (κ2) is 6.31. The Morgan fingerprint density at radius 2 is 1.90 bits per heavy atom. The van der Waals surface area contributed by atoms with E-state index in [1.807, 2.05) is 0 Å². The molecule has 1 aromatic rings. The zero-order chi connectivity index (χ0) is 14.7. The normalized spacial score (nSPS) is 22.6. The first kappa shape index (κ1) is 14.9. The summed E-state index contributed by atoms with van der Waals surface area (Å²) in [6.07, 6.45) is 3.75. The molecule has 1 aliphatic carbocycles. The van der Waals surface area contributed by atoms with Crippen molar-refractivity contribution < 1.29 is 13.6 Å². The standard InChI is InChI=1S/C15H20F2N2O/c1-19(12-5-3-11(18)4-6-12)15(20)9-10-2-7-13(16)14(17)8-10/h2,7-8,11-12H,3-6,9,18H2,1H3. The number of nitrogens with two attached hydrogens (primary N) is 1. The minimum absolute atomic E-state index is 0.0727. The van der Waals surface area contributed by atoms with Crippen LogP contribution in [0.2, 0.25) is 0 Å². The Morgan fingerprint density at radius 1 is 1.25 bits per heavy atom. The van der Waals surface area contributed by atoms with Crippen LogP contribution in [0.15, 0.2) is 18.2 Å². The van der Waals surface area contributed by atoms with Crippen molar-refractivity contribution in [2.45, 2.75) is 44.2 Å². The molecule has 20 heavy (non-hydrogen) atoms. The van der Waals surface area contributed by atoms with E-state index in [0.717, 1.165) is 37.8 Å². The van der Waals surface area contributed by atoms with E-state index in [2.05, 4.69) is 0 Å². The summed E-state index contributed by atoms with van der Waals surface area (Å²) in [4.78, 5) is 13.9. The van der Waals surface area contributed by atoms with Gasteiger partial charge < -0.3 is 10.6 Å². The average Bonchev–Trinajstić information content (AvgIpc) is 2.43.